The fraction of sp³-hybridized carbons (Fsp3) is 0.417. The molecule has 1 N–H and O–H groups in total. The van der Waals surface area contributed by atoms with Gasteiger partial charge in [0.05, 0.1) is 20.3 Å². The molecule has 0 amide bonds. The summed E-state index contributed by atoms with van der Waals surface area (Å²) in [6.07, 6.45) is 0. The molecule has 19 heavy (non-hydrogen) atoms. The Morgan fingerprint density at radius 2 is 2.00 bits per heavy atom. The highest BCUT2D eigenvalue weighted by Crippen LogP contribution is 2.26. The number of rotatable bonds is 7. The topological polar surface area (TPSA) is 103 Å². The Balaban J connectivity index is 2.85. The number of methoxy groups -OCH3 is 2. The number of azide groups is 1. The minimum atomic E-state index is -0.516. The Labute approximate surface area is 111 Å². The fourth-order valence-corrected chi connectivity index (χ4v) is 1.54. The Kier molecular flexibility index (Phi) is 6.03. The van der Waals surface area contributed by atoms with Gasteiger partial charge in [0, 0.05) is 24.1 Å². The predicted molar refractivity (Wildman–Crippen MR) is 69.9 cm³/mol. The van der Waals surface area contributed by atoms with Crippen LogP contribution in [-0.2, 0) is 0 Å². The molecule has 1 aromatic carbocycles. The SMILES string of the molecule is COc1cc(OC)cc(C(C#N)NCCN=[N+]=[N-])c1. The molecule has 1 aromatic rings. The lowest BCUT2D eigenvalue weighted by Crippen LogP contribution is -2.22. The second kappa shape index (κ2) is 7.82. The summed E-state index contributed by atoms with van der Waals surface area (Å²) < 4.78 is 10.3. The molecule has 0 aliphatic rings. The minimum Gasteiger partial charge on any atom is -0.497 e. The summed E-state index contributed by atoms with van der Waals surface area (Å²) in [7, 11) is 3.10. The summed E-state index contributed by atoms with van der Waals surface area (Å²) in [5.74, 6) is 1.23. The number of nitrogens with one attached hydrogen (secondary N) is 1. The molecule has 0 aliphatic carbocycles. The first kappa shape index (κ1) is 14.6. The highest BCUT2D eigenvalue weighted by Gasteiger charge is 2.12. The van der Waals surface area contributed by atoms with Gasteiger partial charge < -0.3 is 9.47 Å². The van der Waals surface area contributed by atoms with Crippen LogP contribution in [0.3, 0.4) is 0 Å². The lowest BCUT2D eigenvalue weighted by molar-refractivity contribution is 0.392. The van der Waals surface area contributed by atoms with E-state index in [1.54, 1.807) is 32.4 Å². The molecule has 0 radical (unpaired) electrons. The van der Waals surface area contributed by atoms with Gasteiger partial charge in [-0.25, -0.2) is 0 Å². The highest BCUT2D eigenvalue weighted by atomic mass is 16.5. The van der Waals surface area contributed by atoms with E-state index >= 15 is 0 Å². The van der Waals surface area contributed by atoms with Crippen molar-refractivity contribution in [1.29, 1.82) is 5.26 Å². The van der Waals surface area contributed by atoms with Crippen LogP contribution in [0.15, 0.2) is 23.3 Å². The number of nitriles is 1. The van der Waals surface area contributed by atoms with Gasteiger partial charge in [-0.15, -0.1) is 0 Å². The Morgan fingerprint density at radius 3 is 2.47 bits per heavy atom. The van der Waals surface area contributed by atoms with Crippen molar-refractivity contribution < 1.29 is 9.47 Å². The molecule has 0 bridgehead atoms. The van der Waals surface area contributed by atoms with E-state index in [0.29, 0.717) is 18.0 Å². The number of benzene rings is 1. The van der Waals surface area contributed by atoms with E-state index in [2.05, 4.69) is 21.4 Å². The molecule has 0 saturated heterocycles. The van der Waals surface area contributed by atoms with Crippen molar-refractivity contribution in [3.8, 4) is 17.6 Å². The first-order valence-corrected chi connectivity index (χ1v) is 5.62. The monoisotopic (exact) mass is 261 g/mol. The van der Waals surface area contributed by atoms with Gasteiger partial charge in [0.2, 0.25) is 0 Å². The average Bonchev–Trinajstić information content (AvgIpc) is 2.46. The van der Waals surface area contributed by atoms with Crippen LogP contribution < -0.4 is 14.8 Å². The smallest absolute Gasteiger partial charge is 0.122 e. The largest absolute Gasteiger partial charge is 0.497 e. The van der Waals surface area contributed by atoms with Crippen LogP contribution in [0.1, 0.15) is 11.6 Å². The third kappa shape index (κ3) is 4.39. The standard InChI is InChI=1S/C12H15N5O2/c1-18-10-5-9(6-11(7-10)19-2)12(8-13)15-3-4-16-17-14/h5-7,12,15H,3-4H2,1-2H3. The summed E-state index contributed by atoms with van der Waals surface area (Å²) in [5.41, 5.74) is 8.91. The predicted octanol–water partition coefficient (Wildman–Crippen LogP) is 2.17. The summed E-state index contributed by atoms with van der Waals surface area (Å²) in [5, 5.41) is 15.6. The van der Waals surface area contributed by atoms with Crippen molar-refractivity contribution in [2.24, 2.45) is 5.11 Å². The molecule has 7 nitrogen and oxygen atoms in total. The molecule has 0 fully saturated rings. The minimum absolute atomic E-state index is 0.287. The second-order valence-electron chi connectivity index (χ2n) is 3.62. The van der Waals surface area contributed by atoms with Gasteiger partial charge in [-0.05, 0) is 23.2 Å². The second-order valence-corrected chi connectivity index (χ2v) is 3.62. The van der Waals surface area contributed by atoms with E-state index in [1.165, 1.54) is 0 Å². The van der Waals surface area contributed by atoms with Gasteiger partial charge in [0.15, 0.2) is 0 Å². The van der Waals surface area contributed by atoms with E-state index in [-0.39, 0.29) is 6.54 Å². The number of ether oxygens (including phenoxy) is 2. The van der Waals surface area contributed by atoms with Gasteiger partial charge >= 0.3 is 0 Å². The van der Waals surface area contributed by atoms with Crippen LogP contribution in [0, 0.1) is 11.3 Å². The first-order valence-electron chi connectivity index (χ1n) is 5.62. The molecule has 1 unspecified atom stereocenters. The van der Waals surface area contributed by atoms with Crippen LogP contribution in [0.4, 0.5) is 0 Å². The van der Waals surface area contributed by atoms with Gasteiger partial charge in [-0.3, -0.25) is 5.32 Å². The summed E-state index contributed by atoms with van der Waals surface area (Å²) in [6.45, 7) is 0.706. The molecule has 0 spiro atoms. The molecule has 0 heterocycles. The van der Waals surface area contributed by atoms with E-state index in [0.717, 1.165) is 5.56 Å². The Bertz CT molecular complexity index is 483. The third-order valence-corrected chi connectivity index (χ3v) is 2.46. The van der Waals surface area contributed by atoms with Crippen molar-refractivity contribution >= 4 is 0 Å². The average molecular weight is 261 g/mol. The molecular weight excluding hydrogens is 246 g/mol. The fourth-order valence-electron chi connectivity index (χ4n) is 1.54. The molecular formula is C12H15N5O2. The molecule has 1 rings (SSSR count). The maximum atomic E-state index is 9.17. The van der Waals surface area contributed by atoms with Crippen molar-refractivity contribution in [1.82, 2.24) is 5.32 Å². The van der Waals surface area contributed by atoms with Crippen molar-refractivity contribution in [3.63, 3.8) is 0 Å². The van der Waals surface area contributed by atoms with Crippen molar-refractivity contribution in [3.05, 3.63) is 34.2 Å². The Hall–Kier alpha value is -2.42. The van der Waals surface area contributed by atoms with E-state index in [4.69, 9.17) is 20.3 Å². The maximum Gasteiger partial charge on any atom is 0.122 e. The normalized spacial score (nSPS) is 11.0. The van der Waals surface area contributed by atoms with E-state index < -0.39 is 6.04 Å². The first-order chi connectivity index (χ1) is 9.24. The Morgan fingerprint density at radius 1 is 1.37 bits per heavy atom. The zero-order valence-corrected chi connectivity index (χ0v) is 10.8. The maximum absolute atomic E-state index is 9.17. The van der Waals surface area contributed by atoms with Crippen LogP contribution in [0.2, 0.25) is 0 Å². The zero-order chi connectivity index (χ0) is 14.1. The summed E-state index contributed by atoms with van der Waals surface area (Å²) >= 11 is 0. The molecule has 0 aliphatic heterocycles. The lowest BCUT2D eigenvalue weighted by Gasteiger charge is -2.13. The lowest BCUT2D eigenvalue weighted by atomic mass is 10.1. The number of nitrogens with zero attached hydrogens (tertiary/aromatic N) is 4. The molecule has 1 atom stereocenters. The van der Waals surface area contributed by atoms with Crippen LogP contribution in [0.25, 0.3) is 10.4 Å². The quantitative estimate of drug-likeness (QED) is 0.351. The van der Waals surface area contributed by atoms with Gasteiger partial charge in [0.1, 0.15) is 17.5 Å². The van der Waals surface area contributed by atoms with Crippen LogP contribution >= 0.6 is 0 Å². The van der Waals surface area contributed by atoms with Gasteiger partial charge in [-0.1, -0.05) is 5.11 Å². The van der Waals surface area contributed by atoms with Gasteiger partial charge in [-0.2, -0.15) is 5.26 Å². The molecule has 7 heteroatoms. The molecule has 100 valence electrons. The van der Waals surface area contributed by atoms with E-state index in [1.807, 2.05) is 0 Å². The third-order valence-electron chi connectivity index (χ3n) is 2.46. The van der Waals surface area contributed by atoms with Gasteiger partial charge in [0.25, 0.3) is 0 Å². The zero-order valence-electron chi connectivity index (χ0n) is 10.8. The molecule has 0 saturated carbocycles. The van der Waals surface area contributed by atoms with Crippen LogP contribution in [-0.4, -0.2) is 27.3 Å². The van der Waals surface area contributed by atoms with Crippen molar-refractivity contribution in [2.75, 3.05) is 27.3 Å². The summed E-state index contributed by atoms with van der Waals surface area (Å²) in [4.78, 5) is 2.65. The number of hydrogen-bond acceptors (Lipinski definition) is 5. The molecule has 0 aromatic heterocycles. The highest BCUT2D eigenvalue weighted by molar-refractivity contribution is 5.41. The van der Waals surface area contributed by atoms with E-state index in [9.17, 15) is 0 Å². The summed E-state index contributed by atoms with van der Waals surface area (Å²) in [6, 6.07) is 6.88. The number of hydrogen-bond donors (Lipinski definition) is 1. The van der Waals surface area contributed by atoms with Crippen molar-refractivity contribution in [2.45, 2.75) is 6.04 Å². The van der Waals surface area contributed by atoms with Crippen LogP contribution in [0.5, 0.6) is 11.5 Å².